The van der Waals surface area contributed by atoms with Gasteiger partial charge in [-0.05, 0) is 48.1 Å². The van der Waals surface area contributed by atoms with Crippen molar-refractivity contribution < 1.29 is 0 Å². The molecule has 1 aromatic carbocycles. The van der Waals surface area contributed by atoms with Gasteiger partial charge >= 0.3 is 0 Å². The average molecular weight is 257 g/mol. The maximum absolute atomic E-state index is 3.84. The van der Waals surface area contributed by atoms with Gasteiger partial charge in [0.15, 0.2) is 0 Å². The highest BCUT2D eigenvalue weighted by molar-refractivity contribution is 5.33. The zero-order chi connectivity index (χ0) is 13.2. The summed E-state index contributed by atoms with van der Waals surface area (Å²) in [5, 5.41) is 3.84. The van der Waals surface area contributed by atoms with Gasteiger partial charge in [0.1, 0.15) is 0 Å². The normalized spacial score (nSPS) is 31.4. The number of rotatable bonds is 4. The van der Waals surface area contributed by atoms with E-state index in [2.05, 4.69) is 43.4 Å². The van der Waals surface area contributed by atoms with Crippen molar-refractivity contribution in [1.29, 1.82) is 0 Å². The Morgan fingerprint density at radius 2 is 1.84 bits per heavy atom. The van der Waals surface area contributed by atoms with Crippen molar-refractivity contribution >= 4 is 0 Å². The summed E-state index contributed by atoms with van der Waals surface area (Å²) in [6.45, 7) is 5.90. The molecule has 1 heteroatoms. The lowest BCUT2D eigenvalue weighted by atomic mass is 9.78. The number of hydrogen-bond donors (Lipinski definition) is 1. The lowest BCUT2D eigenvalue weighted by Crippen LogP contribution is -2.40. The molecule has 0 radical (unpaired) electrons. The highest BCUT2D eigenvalue weighted by Gasteiger charge is 2.28. The van der Waals surface area contributed by atoms with Gasteiger partial charge in [-0.1, -0.05) is 51.0 Å². The highest BCUT2D eigenvalue weighted by Crippen LogP contribution is 2.41. The third kappa shape index (κ3) is 3.02. The second kappa shape index (κ2) is 5.66. The molecule has 0 aromatic heterocycles. The van der Waals surface area contributed by atoms with Crippen LogP contribution in [0.5, 0.6) is 0 Å². The van der Waals surface area contributed by atoms with Gasteiger partial charge in [0.2, 0.25) is 0 Å². The Kier molecular flexibility index (Phi) is 3.93. The van der Waals surface area contributed by atoms with Crippen LogP contribution >= 0.6 is 0 Å². The smallest absolute Gasteiger partial charge is 0.0211 e. The molecule has 0 saturated heterocycles. The molecule has 0 heterocycles. The summed E-state index contributed by atoms with van der Waals surface area (Å²) in [7, 11) is 0. The third-order valence-corrected chi connectivity index (χ3v) is 5.33. The summed E-state index contributed by atoms with van der Waals surface area (Å²) in [5.74, 6) is 2.56. The van der Waals surface area contributed by atoms with E-state index in [9.17, 15) is 0 Å². The van der Waals surface area contributed by atoms with E-state index in [-0.39, 0.29) is 0 Å². The fraction of sp³-hybridized carbons (Fsp3) is 0.667. The first kappa shape index (κ1) is 13.2. The van der Waals surface area contributed by atoms with Crippen LogP contribution in [0.1, 0.15) is 63.0 Å². The minimum atomic E-state index is 0.719. The van der Waals surface area contributed by atoms with Crippen LogP contribution in [0, 0.1) is 11.8 Å². The van der Waals surface area contributed by atoms with E-state index >= 15 is 0 Å². The van der Waals surface area contributed by atoms with E-state index in [1.807, 2.05) is 0 Å². The second-order valence-electron chi connectivity index (χ2n) is 6.73. The zero-order valence-electron chi connectivity index (χ0n) is 12.4. The Morgan fingerprint density at radius 1 is 1.05 bits per heavy atom. The molecule has 2 saturated carbocycles. The molecule has 1 N–H and O–H groups in total. The van der Waals surface area contributed by atoms with Crippen LogP contribution in [0.2, 0.25) is 0 Å². The Morgan fingerprint density at radius 3 is 2.63 bits per heavy atom. The Labute approximate surface area is 117 Å². The maximum atomic E-state index is 3.84. The molecule has 0 amide bonds. The number of nitrogens with one attached hydrogen (secondary N) is 1. The first-order valence-electron chi connectivity index (χ1n) is 8.07. The van der Waals surface area contributed by atoms with Crippen molar-refractivity contribution in [3.05, 3.63) is 35.4 Å². The van der Waals surface area contributed by atoms with Gasteiger partial charge < -0.3 is 5.32 Å². The Balaban J connectivity index is 1.62. The van der Waals surface area contributed by atoms with Crippen LogP contribution in [0.4, 0.5) is 0 Å². The van der Waals surface area contributed by atoms with Gasteiger partial charge in [0, 0.05) is 12.6 Å². The molecule has 3 atom stereocenters. The summed E-state index contributed by atoms with van der Waals surface area (Å²) in [6.07, 6.45) is 6.96. The molecule has 0 bridgehead atoms. The monoisotopic (exact) mass is 257 g/mol. The fourth-order valence-corrected chi connectivity index (χ4v) is 3.60. The first-order chi connectivity index (χ1) is 9.25. The van der Waals surface area contributed by atoms with Gasteiger partial charge in [-0.2, -0.15) is 0 Å². The van der Waals surface area contributed by atoms with Crippen LogP contribution in [0.15, 0.2) is 24.3 Å². The molecule has 2 fully saturated rings. The third-order valence-electron chi connectivity index (χ3n) is 5.33. The summed E-state index contributed by atoms with van der Waals surface area (Å²) in [6, 6.07) is 9.76. The fourth-order valence-electron chi connectivity index (χ4n) is 3.60. The molecule has 0 aliphatic heterocycles. The second-order valence-corrected chi connectivity index (χ2v) is 6.73. The average Bonchev–Trinajstić information content (AvgIpc) is 3.25. The summed E-state index contributed by atoms with van der Waals surface area (Å²) in [5.41, 5.74) is 3.14. The molecule has 1 aromatic rings. The van der Waals surface area contributed by atoms with Crippen LogP contribution in [0.3, 0.4) is 0 Å². The molecule has 3 rings (SSSR count). The predicted molar refractivity (Wildman–Crippen MR) is 81.2 cm³/mol. The van der Waals surface area contributed by atoms with Gasteiger partial charge in [0.25, 0.3) is 0 Å². The SMILES string of the molecule is CC1CCCC(NCc2ccccc2C2CC2)C1C. The Bertz CT molecular complexity index is 421. The van der Waals surface area contributed by atoms with Gasteiger partial charge in [0.05, 0.1) is 0 Å². The van der Waals surface area contributed by atoms with E-state index < -0.39 is 0 Å². The zero-order valence-corrected chi connectivity index (χ0v) is 12.4. The van der Waals surface area contributed by atoms with E-state index in [4.69, 9.17) is 0 Å². The van der Waals surface area contributed by atoms with Crippen LogP contribution in [0.25, 0.3) is 0 Å². The summed E-state index contributed by atoms with van der Waals surface area (Å²) < 4.78 is 0. The molecule has 104 valence electrons. The molecular weight excluding hydrogens is 230 g/mol. The van der Waals surface area contributed by atoms with Crippen molar-refractivity contribution in [2.24, 2.45) is 11.8 Å². The molecule has 1 nitrogen and oxygen atoms in total. The standard InChI is InChI=1S/C18H27N/c1-13-6-5-9-18(14(13)2)19-12-16-7-3-4-8-17(16)15-10-11-15/h3-4,7-8,13-15,18-19H,5-6,9-12H2,1-2H3. The van der Waals surface area contributed by atoms with E-state index in [1.165, 1.54) is 37.7 Å². The first-order valence-corrected chi connectivity index (χ1v) is 8.07. The summed E-state index contributed by atoms with van der Waals surface area (Å²) in [4.78, 5) is 0. The van der Waals surface area contributed by atoms with Crippen molar-refractivity contribution in [1.82, 2.24) is 5.32 Å². The molecule has 3 unspecified atom stereocenters. The van der Waals surface area contributed by atoms with Crippen molar-refractivity contribution in [2.45, 2.75) is 64.5 Å². The molecular formula is C18H27N. The molecule has 2 aliphatic rings. The maximum Gasteiger partial charge on any atom is 0.0211 e. The molecule has 0 spiro atoms. The molecule has 19 heavy (non-hydrogen) atoms. The number of hydrogen-bond acceptors (Lipinski definition) is 1. The van der Waals surface area contributed by atoms with Crippen LogP contribution in [-0.2, 0) is 6.54 Å². The topological polar surface area (TPSA) is 12.0 Å². The largest absolute Gasteiger partial charge is 0.310 e. The van der Waals surface area contributed by atoms with E-state index in [0.29, 0.717) is 0 Å². The highest BCUT2D eigenvalue weighted by atomic mass is 14.9. The lowest BCUT2D eigenvalue weighted by Gasteiger charge is -2.35. The van der Waals surface area contributed by atoms with Crippen molar-refractivity contribution in [3.8, 4) is 0 Å². The van der Waals surface area contributed by atoms with Crippen molar-refractivity contribution in [3.63, 3.8) is 0 Å². The van der Waals surface area contributed by atoms with Gasteiger partial charge in [-0.15, -0.1) is 0 Å². The summed E-state index contributed by atoms with van der Waals surface area (Å²) >= 11 is 0. The van der Waals surface area contributed by atoms with E-state index in [1.54, 1.807) is 5.56 Å². The van der Waals surface area contributed by atoms with Crippen molar-refractivity contribution in [2.75, 3.05) is 0 Å². The quantitative estimate of drug-likeness (QED) is 0.838. The van der Waals surface area contributed by atoms with Gasteiger partial charge in [-0.25, -0.2) is 0 Å². The molecule has 2 aliphatic carbocycles. The predicted octanol–water partition coefficient (Wildman–Crippen LogP) is 4.48. The van der Waals surface area contributed by atoms with Crippen LogP contribution < -0.4 is 5.32 Å². The van der Waals surface area contributed by atoms with E-state index in [0.717, 1.165) is 30.3 Å². The minimum Gasteiger partial charge on any atom is -0.310 e. The Hall–Kier alpha value is -0.820. The lowest BCUT2D eigenvalue weighted by molar-refractivity contribution is 0.206. The van der Waals surface area contributed by atoms with Crippen LogP contribution in [-0.4, -0.2) is 6.04 Å². The van der Waals surface area contributed by atoms with Gasteiger partial charge in [-0.3, -0.25) is 0 Å². The number of benzene rings is 1. The minimum absolute atomic E-state index is 0.719.